The minimum atomic E-state index is -0.707. The summed E-state index contributed by atoms with van der Waals surface area (Å²) >= 11 is 0. The molecule has 3 N–H and O–H groups in total. The Kier molecular flexibility index (Phi) is 9.32. The monoisotopic (exact) mass is 308 g/mol. The van der Waals surface area contributed by atoms with Crippen LogP contribution in [0, 0.1) is 0 Å². The molecule has 1 atom stereocenters. The molecule has 0 aromatic heterocycles. The standard InChI is InChI=1S/C9H20N2O.C9H12O/c1-2-3-4-5-11-9-8-10-6-7-12-9;1-9(2,10)8-6-4-3-5-7-8/h9-11H,2-8H2,1H3;3-7,10H,1-2H3. The largest absolute Gasteiger partial charge is 0.386 e. The van der Waals surface area contributed by atoms with Crippen molar-refractivity contribution < 1.29 is 9.84 Å². The van der Waals surface area contributed by atoms with E-state index in [-0.39, 0.29) is 6.23 Å². The smallest absolute Gasteiger partial charge is 0.120 e. The predicted molar refractivity (Wildman–Crippen MR) is 91.8 cm³/mol. The third-order valence-corrected chi connectivity index (χ3v) is 3.56. The van der Waals surface area contributed by atoms with Crippen molar-refractivity contribution in [2.45, 2.75) is 51.9 Å². The number of aliphatic hydroxyl groups is 1. The molecule has 2 rings (SSSR count). The summed E-state index contributed by atoms with van der Waals surface area (Å²) in [7, 11) is 0. The van der Waals surface area contributed by atoms with Gasteiger partial charge in [-0.1, -0.05) is 50.1 Å². The molecule has 1 heterocycles. The van der Waals surface area contributed by atoms with Gasteiger partial charge in [-0.2, -0.15) is 0 Å². The summed E-state index contributed by atoms with van der Waals surface area (Å²) in [5.74, 6) is 0. The van der Waals surface area contributed by atoms with E-state index in [1.807, 2.05) is 30.3 Å². The summed E-state index contributed by atoms with van der Waals surface area (Å²) in [6.07, 6.45) is 4.10. The quantitative estimate of drug-likeness (QED) is 0.707. The fourth-order valence-corrected chi connectivity index (χ4v) is 2.18. The fraction of sp³-hybridized carbons (Fsp3) is 0.667. The summed E-state index contributed by atoms with van der Waals surface area (Å²) in [4.78, 5) is 0. The Bertz CT molecular complexity index is 370. The molecule has 1 aliphatic heterocycles. The molecule has 1 aliphatic rings. The highest BCUT2D eigenvalue weighted by molar-refractivity contribution is 5.20. The topological polar surface area (TPSA) is 53.5 Å². The second kappa shape index (κ2) is 10.7. The average molecular weight is 308 g/mol. The number of ether oxygens (including phenoxy) is 1. The van der Waals surface area contributed by atoms with Gasteiger partial charge in [-0.25, -0.2) is 0 Å². The van der Waals surface area contributed by atoms with Crippen molar-refractivity contribution in [3.63, 3.8) is 0 Å². The Morgan fingerprint density at radius 3 is 2.50 bits per heavy atom. The van der Waals surface area contributed by atoms with Crippen LogP contribution in [-0.4, -0.2) is 37.6 Å². The van der Waals surface area contributed by atoms with Gasteiger partial charge in [0.1, 0.15) is 6.23 Å². The van der Waals surface area contributed by atoms with Gasteiger partial charge in [0.15, 0.2) is 0 Å². The van der Waals surface area contributed by atoms with Crippen LogP contribution in [0.15, 0.2) is 30.3 Å². The molecule has 126 valence electrons. The van der Waals surface area contributed by atoms with Gasteiger partial charge in [0.2, 0.25) is 0 Å². The highest BCUT2D eigenvalue weighted by Gasteiger charge is 2.13. The summed E-state index contributed by atoms with van der Waals surface area (Å²) < 4.78 is 5.48. The van der Waals surface area contributed by atoms with E-state index in [2.05, 4.69) is 17.6 Å². The lowest BCUT2D eigenvalue weighted by atomic mass is 9.99. The number of hydrogen-bond acceptors (Lipinski definition) is 4. The number of morpholine rings is 1. The van der Waals surface area contributed by atoms with Gasteiger partial charge in [0.05, 0.1) is 12.2 Å². The number of benzene rings is 1. The molecule has 1 aromatic rings. The molecule has 1 fully saturated rings. The van der Waals surface area contributed by atoms with Gasteiger partial charge in [-0.3, -0.25) is 5.32 Å². The number of nitrogens with one attached hydrogen (secondary N) is 2. The third kappa shape index (κ3) is 8.49. The van der Waals surface area contributed by atoms with Gasteiger partial charge in [-0.15, -0.1) is 0 Å². The maximum atomic E-state index is 9.49. The van der Waals surface area contributed by atoms with Crippen molar-refractivity contribution in [1.29, 1.82) is 0 Å². The van der Waals surface area contributed by atoms with Crippen molar-refractivity contribution >= 4 is 0 Å². The van der Waals surface area contributed by atoms with Gasteiger partial charge in [0, 0.05) is 13.1 Å². The zero-order chi connectivity index (χ0) is 16.3. The molecule has 1 saturated heterocycles. The lowest BCUT2D eigenvalue weighted by molar-refractivity contribution is 0.00704. The number of hydrogen-bond donors (Lipinski definition) is 3. The summed E-state index contributed by atoms with van der Waals surface area (Å²) in [5.41, 5.74) is 0.247. The van der Waals surface area contributed by atoms with Crippen LogP contribution in [0.1, 0.15) is 45.6 Å². The zero-order valence-electron chi connectivity index (χ0n) is 14.3. The van der Waals surface area contributed by atoms with Crippen molar-refractivity contribution in [2.75, 3.05) is 26.2 Å². The highest BCUT2D eigenvalue weighted by Crippen LogP contribution is 2.17. The Hall–Kier alpha value is -0.940. The molecular weight excluding hydrogens is 276 g/mol. The minimum absolute atomic E-state index is 0.246. The van der Waals surface area contributed by atoms with Gasteiger partial charge >= 0.3 is 0 Å². The maximum absolute atomic E-state index is 9.49. The summed E-state index contributed by atoms with van der Waals surface area (Å²) in [5, 5.41) is 16.1. The van der Waals surface area contributed by atoms with E-state index >= 15 is 0 Å². The molecule has 4 nitrogen and oxygen atoms in total. The molecule has 4 heteroatoms. The predicted octanol–water partition coefficient (Wildman–Crippen LogP) is 2.63. The molecule has 0 radical (unpaired) electrons. The van der Waals surface area contributed by atoms with Crippen LogP contribution in [0.3, 0.4) is 0 Å². The van der Waals surface area contributed by atoms with Gasteiger partial charge < -0.3 is 15.2 Å². The van der Waals surface area contributed by atoms with Gasteiger partial charge in [-0.05, 0) is 32.4 Å². The van der Waals surface area contributed by atoms with Crippen molar-refractivity contribution in [3.8, 4) is 0 Å². The lowest BCUT2D eigenvalue weighted by Crippen LogP contribution is -2.47. The van der Waals surface area contributed by atoms with Crippen LogP contribution in [0.25, 0.3) is 0 Å². The van der Waals surface area contributed by atoms with Gasteiger partial charge in [0.25, 0.3) is 0 Å². The van der Waals surface area contributed by atoms with Crippen LogP contribution >= 0.6 is 0 Å². The normalized spacial score (nSPS) is 18.5. The van der Waals surface area contributed by atoms with E-state index in [1.165, 1.54) is 19.3 Å². The SMILES string of the molecule is CC(C)(O)c1ccccc1.CCCCCNC1CNCCO1. The highest BCUT2D eigenvalue weighted by atomic mass is 16.5. The van der Waals surface area contributed by atoms with E-state index < -0.39 is 5.60 Å². The van der Waals surface area contributed by atoms with Crippen LogP contribution in [-0.2, 0) is 10.3 Å². The molecule has 1 unspecified atom stereocenters. The first-order chi connectivity index (χ1) is 10.5. The second-order valence-corrected chi connectivity index (χ2v) is 6.15. The van der Waals surface area contributed by atoms with E-state index in [1.54, 1.807) is 13.8 Å². The second-order valence-electron chi connectivity index (χ2n) is 6.15. The minimum Gasteiger partial charge on any atom is -0.386 e. The first kappa shape index (κ1) is 19.1. The summed E-state index contributed by atoms with van der Waals surface area (Å²) in [6.45, 7) is 9.65. The number of unbranched alkanes of at least 4 members (excludes halogenated alkanes) is 2. The molecular formula is C18H32N2O2. The Balaban J connectivity index is 0.000000224. The van der Waals surface area contributed by atoms with Crippen LogP contribution in [0.2, 0.25) is 0 Å². The van der Waals surface area contributed by atoms with E-state index in [0.717, 1.165) is 31.8 Å². The van der Waals surface area contributed by atoms with E-state index in [4.69, 9.17) is 4.74 Å². The van der Waals surface area contributed by atoms with Crippen molar-refractivity contribution in [3.05, 3.63) is 35.9 Å². The Morgan fingerprint density at radius 2 is 2.00 bits per heavy atom. The molecule has 0 spiro atoms. The molecule has 0 bridgehead atoms. The average Bonchev–Trinajstić information content (AvgIpc) is 2.53. The Morgan fingerprint density at radius 1 is 1.27 bits per heavy atom. The molecule has 0 aliphatic carbocycles. The molecule has 0 amide bonds. The molecule has 1 aromatic carbocycles. The number of rotatable bonds is 6. The fourth-order valence-electron chi connectivity index (χ4n) is 2.18. The lowest BCUT2D eigenvalue weighted by Gasteiger charge is -2.24. The molecule has 0 saturated carbocycles. The van der Waals surface area contributed by atoms with Crippen LogP contribution < -0.4 is 10.6 Å². The first-order valence-electron chi connectivity index (χ1n) is 8.37. The Labute approximate surface area is 135 Å². The maximum Gasteiger partial charge on any atom is 0.120 e. The van der Waals surface area contributed by atoms with E-state index in [0.29, 0.717) is 0 Å². The first-order valence-corrected chi connectivity index (χ1v) is 8.37. The zero-order valence-corrected chi connectivity index (χ0v) is 14.3. The molecule has 22 heavy (non-hydrogen) atoms. The van der Waals surface area contributed by atoms with E-state index in [9.17, 15) is 5.11 Å². The summed E-state index contributed by atoms with van der Waals surface area (Å²) in [6, 6.07) is 9.62. The van der Waals surface area contributed by atoms with Crippen LogP contribution in [0.4, 0.5) is 0 Å². The third-order valence-electron chi connectivity index (χ3n) is 3.56. The van der Waals surface area contributed by atoms with Crippen molar-refractivity contribution in [1.82, 2.24) is 10.6 Å². The van der Waals surface area contributed by atoms with Crippen molar-refractivity contribution in [2.24, 2.45) is 0 Å². The van der Waals surface area contributed by atoms with Crippen LogP contribution in [0.5, 0.6) is 0 Å².